The molecule has 8 nitrogen and oxygen atoms in total. The zero-order valence-corrected chi connectivity index (χ0v) is 14.7. The highest BCUT2D eigenvalue weighted by atomic mass is 35.5. The Labute approximate surface area is 153 Å². The summed E-state index contributed by atoms with van der Waals surface area (Å²) in [6, 6.07) is 7.76. The molecule has 0 saturated carbocycles. The van der Waals surface area contributed by atoms with E-state index < -0.39 is 0 Å². The zero-order chi connectivity index (χ0) is 18.1. The molecule has 0 amide bonds. The molecule has 0 spiro atoms. The largest absolute Gasteiger partial charge is 0.497 e. The molecular formula is C17H15ClN6O2. The Bertz CT molecular complexity index is 1090. The molecule has 132 valence electrons. The van der Waals surface area contributed by atoms with Crippen molar-refractivity contribution < 1.29 is 4.74 Å². The van der Waals surface area contributed by atoms with Crippen molar-refractivity contribution in [1.82, 2.24) is 29.1 Å². The molecule has 3 heterocycles. The van der Waals surface area contributed by atoms with E-state index in [0.717, 1.165) is 11.3 Å². The molecule has 4 rings (SSSR count). The Morgan fingerprint density at radius 2 is 1.96 bits per heavy atom. The topological polar surface area (TPSA) is 87.7 Å². The fraction of sp³-hybridized carbons (Fsp3) is 0.235. The number of hydrogen-bond donors (Lipinski definition) is 0. The van der Waals surface area contributed by atoms with E-state index in [2.05, 4.69) is 19.9 Å². The van der Waals surface area contributed by atoms with Crippen LogP contribution >= 0.6 is 11.6 Å². The second kappa shape index (κ2) is 6.72. The van der Waals surface area contributed by atoms with Crippen LogP contribution in [0.25, 0.3) is 22.7 Å². The van der Waals surface area contributed by atoms with Crippen LogP contribution in [0.5, 0.6) is 5.75 Å². The molecule has 2 aliphatic rings. The van der Waals surface area contributed by atoms with Gasteiger partial charge in [0.2, 0.25) is 0 Å². The van der Waals surface area contributed by atoms with Crippen molar-refractivity contribution in [1.29, 1.82) is 0 Å². The lowest BCUT2D eigenvalue weighted by Gasteiger charge is -2.04. The van der Waals surface area contributed by atoms with Crippen LogP contribution < -0.4 is 10.4 Å². The van der Waals surface area contributed by atoms with Crippen LogP contribution in [0, 0.1) is 0 Å². The average molecular weight is 371 g/mol. The van der Waals surface area contributed by atoms with Crippen molar-refractivity contribution in [2.45, 2.75) is 13.1 Å². The highest BCUT2D eigenvalue weighted by Crippen LogP contribution is 2.23. The van der Waals surface area contributed by atoms with Crippen molar-refractivity contribution in [3.8, 4) is 17.3 Å². The Morgan fingerprint density at radius 3 is 2.69 bits per heavy atom. The van der Waals surface area contributed by atoms with Crippen LogP contribution in [0.2, 0.25) is 0 Å². The van der Waals surface area contributed by atoms with E-state index >= 15 is 0 Å². The van der Waals surface area contributed by atoms with Crippen molar-refractivity contribution in [3.63, 3.8) is 0 Å². The van der Waals surface area contributed by atoms with E-state index in [4.69, 9.17) is 16.3 Å². The maximum atomic E-state index is 12.1. The van der Waals surface area contributed by atoms with E-state index in [9.17, 15) is 4.79 Å². The number of imidazole rings is 2. The average Bonchev–Trinajstić information content (AvgIpc) is 3.12. The van der Waals surface area contributed by atoms with Gasteiger partial charge in [0.15, 0.2) is 11.5 Å². The SMILES string of the molecule is COc1ccc(Cn2cnc3c4nc(=O)n(CCCl)c-4ncnc32)cc1. The van der Waals surface area contributed by atoms with Gasteiger partial charge in [-0.1, -0.05) is 12.1 Å². The predicted molar refractivity (Wildman–Crippen MR) is 96.8 cm³/mol. The third-order valence-electron chi connectivity index (χ3n) is 4.12. The van der Waals surface area contributed by atoms with E-state index in [1.165, 1.54) is 10.9 Å². The lowest BCUT2D eigenvalue weighted by atomic mass is 10.2. The minimum atomic E-state index is -0.384. The van der Waals surface area contributed by atoms with E-state index in [0.29, 0.717) is 41.7 Å². The summed E-state index contributed by atoms with van der Waals surface area (Å²) in [6.45, 7) is 0.910. The van der Waals surface area contributed by atoms with Crippen LogP contribution in [0.1, 0.15) is 5.56 Å². The van der Waals surface area contributed by atoms with Gasteiger partial charge in [0, 0.05) is 12.4 Å². The maximum absolute atomic E-state index is 12.1. The summed E-state index contributed by atoms with van der Waals surface area (Å²) in [4.78, 5) is 29.3. The molecule has 0 fully saturated rings. The Morgan fingerprint density at radius 1 is 1.15 bits per heavy atom. The molecule has 2 aliphatic heterocycles. The first-order valence-corrected chi connectivity index (χ1v) is 8.50. The molecule has 1 aromatic carbocycles. The quantitative estimate of drug-likeness (QED) is 0.498. The van der Waals surface area contributed by atoms with E-state index in [1.807, 2.05) is 28.8 Å². The van der Waals surface area contributed by atoms with Crippen molar-refractivity contribution >= 4 is 22.8 Å². The first kappa shape index (κ1) is 16.5. The van der Waals surface area contributed by atoms with Gasteiger partial charge in [-0.05, 0) is 17.7 Å². The van der Waals surface area contributed by atoms with Gasteiger partial charge in [0.05, 0.1) is 20.0 Å². The van der Waals surface area contributed by atoms with Gasteiger partial charge in [0.25, 0.3) is 0 Å². The molecule has 0 N–H and O–H groups in total. The highest BCUT2D eigenvalue weighted by molar-refractivity contribution is 6.17. The molecule has 1 aromatic heterocycles. The Hall–Kier alpha value is -3.00. The standard InChI is InChI=1S/C17H15ClN6O2/c1-26-12-4-2-11(3-5-12)8-23-10-21-13-14-16(20-9-19-15(13)23)24(7-6-18)17(25)22-14/h2-5,9-10H,6-8H2,1H3. The molecule has 0 bridgehead atoms. The van der Waals surface area contributed by atoms with Gasteiger partial charge in [-0.25, -0.2) is 19.7 Å². The lowest BCUT2D eigenvalue weighted by Crippen LogP contribution is -2.17. The number of rotatable bonds is 5. The summed E-state index contributed by atoms with van der Waals surface area (Å²) in [5.41, 5.74) is 2.27. The summed E-state index contributed by atoms with van der Waals surface area (Å²) in [7, 11) is 1.63. The normalized spacial score (nSPS) is 11.3. The number of aromatic nitrogens is 6. The van der Waals surface area contributed by atoms with Gasteiger partial charge in [0.1, 0.15) is 23.3 Å². The molecule has 0 aliphatic carbocycles. The third kappa shape index (κ3) is 2.78. The second-order valence-electron chi connectivity index (χ2n) is 5.67. The van der Waals surface area contributed by atoms with Crippen molar-refractivity contribution in [3.05, 3.63) is 53.0 Å². The van der Waals surface area contributed by atoms with Crippen molar-refractivity contribution in [2.75, 3.05) is 13.0 Å². The number of halogens is 1. The summed E-state index contributed by atoms with van der Waals surface area (Å²) in [5.74, 6) is 1.53. The summed E-state index contributed by atoms with van der Waals surface area (Å²) in [5, 5.41) is 0. The van der Waals surface area contributed by atoms with Crippen LogP contribution in [0.3, 0.4) is 0 Å². The highest BCUT2D eigenvalue weighted by Gasteiger charge is 2.20. The van der Waals surface area contributed by atoms with Crippen LogP contribution in [0.4, 0.5) is 0 Å². The first-order chi connectivity index (χ1) is 12.7. The fourth-order valence-corrected chi connectivity index (χ4v) is 3.03. The van der Waals surface area contributed by atoms with E-state index in [-0.39, 0.29) is 5.69 Å². The van der Waals surface area contributed by atoms with Crippen molar-refractivity contribution in [2.24, 2.45) is 0 Å². The zero-order valence-electron chi connectivity index (χ0n) is 14.0. The van der Waals surface area contributed by atoms with Gasteiger partial charge in [-0.15, -0.1) is 11.6 Å². The van der Waals surface area contributed by atoms with Gasteiger partial charge < -0.3 is 9.30 Å². The molecule has 0 atom stereocenters. The third-order valence-corrected chi connectivity index (χ3v) is 4.29. The Balaban J connectivity index is 1.78. The first-order valence-electron chi connectivity index (χ1n) is 7.96. The number of alkyl halides is 1. The van der Waals surface area contributed by atoms with E-state index in [1.54, 1.807) is 13.4 Å². The van der Waals surface area contributed by atoms with Crippen LogP contribution in [-0.4, -0.2) is 42.1 Å². The minimum absolute atomic E-state index is 0.295. The summed E-state index contributed by atoms with van der Waals surface area (Å²) >= 11 is 5.77. The molecule has 2 aromatic rings. The number of fused-ring (bicyclic) bond motifs is 3. The summed E-state index contributed by atoms with van der Waals surface area (Å²) < 4.78 is 8.51. The van der Waals surface area contributed by atoms with Gasteiger partial charge >= 0.3 is 5.69 Å². The van der Waals surface area contributed by atoms with Crippen LogP contribution in [0.15, 0.2) is 41.7 Å². The number of nitrogens with zero attached hydrogens (tertiary/aromatic N) is 6. The predicted octanol–water partition coefficient (Wildman–Crippen LogP) is 1.78. The smallest absolute Gasteiger partial charge is 0.350 e. The number of hydrogen-bond acceptors (Lipinski definition) is 6. The molecule has 0 radical (unpaired) electrons. The lowest BCUT2D eigenvalue weighted by molar-refractivity contribution is 0.414. The van der Waals surface area contributed by atoms with Gasteiger partial charge in [-0.2, -0.15) is 4.98 Å². The second-order valence-corrected chi connectivity index (χ2v) is 6.05. The fourth-order valence-electron chi connectivity index (χ4n) is 2.86. The number of methoxy groups -OCH3 is 1. The number of benzene rings is 1. The van der Waals surface area contributed by atoms with Gasteiger partial charge in [-0.3, -0.25) is 4.57 Å². The monoisotopic (exact) mass is 370 g/mol. The molecule has 0 unspecified atom stereocenters. The Kier molecular flexibility index (Phi) is 4.26. The molecule has 9 heteroatoms. The summed E-state index contributed by atoms with van der Waals surface area (Å²) in [6.07, 6.45) is 3.11. The van der Waals surface area contributed by atoms with Crippen LogP contribution in [-0.2, 0) is 13.1 Å². The number of ether oxygens (including phenoxy) is 1. The maximum Gasteiger partial charge on any atom is 0.350 e. The molecule has 26 heavy (non-hydrogen) atoms. The molecule has 0 saturated heterocycles. The minimum Gasteiger partial charge on any atom is -0.497 e. The molecular weight excluding hydrogens is 356 g/mol.